The SMILES string of the molecule is CC(C)c1cc2c(oc3cccnc32)c(C(C)C)c1-n1ccnc1-c1[c-]cccc1.[Ir]. The Balaban J connectivity index is 0.00000231. The number of imidazole rings is 1. The summed E-state index contributed by atoms with van der Waals surface area (Å²) in [5.74, 6) is 1.47. The maximum absolute atomic E-state index is 6.36. The Kier molecular flexibility index (Phi) is 5.83. The Hall–Kier alpha value is -2.75. The van der Waals surface area contributed by atoms with E-state index in [1.165, 1.54) is 11.1 Å². The molecule has 5 rings (SSSR count). The standard InChI is InChI=1S/C26H24N3O.Ir/c1-16(2)19-15-20-23-21(11-8-12-27-23)30-25(20)22(17(3)4)24(19)29-14-13-28-26(29)18-9-6-5-7-10-18;/h5-9,11-17H,1-4H3;/q-1;. The fraction of sp³-hybridized carbons (Fsp3) is 0.231. The molecular formula is C26H24IrN3O-. The third-order valence-electron chi connectivity index (χ3n) is 5.59. The minimum atomic E-state index is 0. The molecule has 0 spiro atoms. The zero-order valence-electron chi connectivity index (χ0n) is 18.0. The molecule has 0 atom stereocenters. The molecule has 5 heteroatoms. The number of hydrogen-bond acceptors (Lipinski definition) is 3. The van der Waals surface area contributed by atoms with Crippen LogP contribution in [-0.4, -0.2) is 14.5 Å². The summed E-state index contributed by atoms with van der Waals surface area (Å²) in [7, 11) is 0. The van der Waals surface area contributed by atoms with Crippen molar-refractivity contribution in [1.82, 2.24) is 14.5 Å². The van der Waals surface area contributed by atoms with Gasteiger partial charge in [0.15, 0.2) is 5.58 Å². The van der Waals surface area contributed by atoms with Crippen LogP contribution in [0, 0.1) is 6.07 Å². The van der Waals surface area contributed by atoms with Crippen LogP contribution in [0.15, 0.2) is 65.5 Å². The van der Waals surface area contributed by atoms with Gasteiger partial charge >= 0.3 is 0 Å². The number of rotatable bonds is 4. The number of hydrogen-bond donors (Lipinski definition) is 0. The van der Waals surface area contributed by atoms with Crippen molar-refractivity contribution < 1.29 is 24.5 Å². The molecule has 0 bridgehead atoms. The Morgan fingerprint density at radius 1 is 0.968 bits per heavy atom. The normalized spacial score (nSPS) is 11.5. The van der Waals surface area contributed by atoms with Gasteiger partial charge in [-0.25, -0.2) is 0 Å². The molecule has 3 heterocycles. The molecule has 3 aromatic heterocycles. The summed E-state index contributed by atoms with van der Waals surface area (Å²) in [6.45, 7) is 8.90. The smallest absolute Gasteiger partial charge is 0.153 e. The first-order chi connectivity index (χ1) is 14.6. The van der Waals surface area contributed by atoms with Gasteiger partial charge in [0.05, 0.1) is 5.82 Å². The van der Waals surface area contributed by atoms with Crippen LogP contribution < -0.4 is 0 Å². The first-order valence-corrected chi connectivity index (χ1v) is 10.4. The molecule has 0 N–H and O–H groups in total. The molecule has 0 amide bonds. The molecule has 1 radical (unpaired) electrons. The third kappa shape index (κ3) is 3.52. The number of fused-ring (bicyclic) bond motifs is 3. The topological polar surface area (TPSA) is 43.9 Å². The summed E-state index contributed by atoms with van der Waals surface area (Å²) < 4.78 is 8.55. The maximum atomic E-state index is 6.36. The quantitative estimate of drug-likeness (QED) is 0.216. The van der Waals surface area contributed by atoms with E-state index in [4.69, 9.17) is 4.42 Å². The third-order valence-corrected chi connectivity index (χ3v) is 5.59. The van der Waals surface area contributed by atoms with Gasteiger partial charge in [-0.2, -0.15) is 0 Å². The van der Waals surface area contributed by atoms with Crippen LogP contribution in [0.1, 0.15) is 50.7 Å². The van der Waals surface area contributed by atoms with Crippen LogP contribution in [0.4, 0.5) is 0 Å². The fourth-order valence-corrected chi connectivity index (χ4v) is 4.23. The van der Waals surface area contributed by atoms with Gasteiger partial charge in [0.2, 0.25) is 0 Å². The predicted octanol–water partition coefficient (Wildman–Crippen LogP) is 6.88. The molecular weight excluding hydrogens is 563 g/mol. The number of aromatic nitrogens is 3. The van der Waals surface area contributed by atoms with E-state index in [1.807, 2.05) is 55.0 Å². The molecule has 0 unspecified atom stereocenters. The molecule has 0 aliphatic carbocycles. The average molecular weight is 587 g/mol. The van der Waals surface area contributed by atoms with Crippen LogP contribution in [-0.2, 0) is 20.1 Å². The van der Waals surface area contributed by atoms with Crippen molar-refractivity contribution >= 4 is 22.1 Å². The number of pyridine rings is 1. The summed E-state index contributed by atoms with van der Waals surface area (Å²) in [6.07, 6.45) is 5.72. The minimum absolute atomic E-state index is 0. The van der Waals surface area contributed by atoms with E-state index in [0.717, 1.165) is 39.1 Å². The van der Waals surface area contributed by atoms with Crippen LogP contribution in [0.25, 0.3) is 39.1 Å². The summed E-state index contributed by atoms with van der Waals surface area (Å²) in [4.78, 5) is 9.29. The fourth-order valence-electron chi connectivity index (χ4n) is 4.23. The number of benzene rings is 2. The van der Waals surface area contributed by atoms with Crippen LogP contribution in [0.3, 0.4) is 0 Å². The van der Waals surface area contributed by atoms with Crippen LogP contribution >= 0.6 is 0 Å². The Morgan fingerprint density at radius 2 is 1.81 bits per heavy atom. The summed E-state index contributed by atoms with van der Waals surface area (Å²) >= 11 is 0. The van der Waals surface area contributed by atoms with E-state index >= 15 is 0 Å². The van der Waals surface area contributed by atoms with E-state index in [9.17, 15) is 0 Å². The second-order valence-corrected chi connectivity index (χ2v) is 8.26. The Bertz CT molecular complexity index is 1350. The van der Waals surface area contributed by atoms with Gasteiger partial charge < -0.3 is 8.98 Å². The van der Waals surface area contributed by atoms with Crippen molar-refractivity contribution in [1.29, 1.82) is 0 Å². The van der Waals surface area contributed by atoms with Crippen LogP contribution in [0.2, 0.25) is 0 Å². The molecule has 159 valence electrons. The van der Waals surface area contributed by atoms with Gasteiger partial charge in [0.25, 0.3) is 0 Å². The zero-order valence-corrected chi connectivity index (χ0v) is 20.4. The van der Waals surface area contributed by atoms with Gasteiger partial charge in [-0.1, -0.05) is 27.7 Å². The predicted molar refractivity (Wildman–Crippen MR) is 121 cm³/mol. The van der Waals surface area contributed by atoms with E-state index in [0.29, 0.717) is 5.92 Å². The van der Waals surface area contributed by atoms with Crippen LogP contribution in [0.5, 0.6) is 0 Å². The maximum Gasteiger partial charge on any atom is 0.153 e. The van der Waals surface area contributed by atoms with Gasteiger partial charge in [-0.15, -0.1) is 35.9 Å². The average Bonchev–Trinajstić information content (AvgIpc) is 3.37. The molecule has 0 saturated heterocycles. The molecule has 5 aromatic rings. The summed E-state index contributed by atoms with van der Waals surface area (Å²) in [6, 6.07) is 17.4. The Morgan fingerprint density at radius 3 is 2.52 bits per heavy atom. The Labute approximate surface area is 195 Å². The molecule has 4 nitrogen and oxygen atoms in total. The summed E-state index contributed by atoms with van der Waals surface area (Å²) in [5, 5.41) is 1.08. The van der Waals surface area contributed by atoms with E-state index in [-0.39, 0.29) is 26.0 Å². The van der Waals surface area contributed by atoms with Crippen molar-refractivity contribution in [3.05, 3.63) is 78.2 Å². The molecule has 0 fully saturated rings. The zero-order chi connectivity index (χ0) is 20.8. The first-order valence-electron chi connectivity index (χ1n) is 10.4. The largest absolute Gasteiger partial charge is 0.454 e. The molecule has 0 saturated carbocycles. The van der Waals surface area contributed by atoms with E-state index in [1.54, 1.807) is 0 Å². The first kappa shape index (κ1) is 21.5. The van der Waals surface area contributed by atoms with Crippen molar-refractivity contribution in [2.24, 2.45) is 0 Å². The van der Waals surface area contributed by atoms with Crippen molar-refractivity contribution in [2.75, 3.05) is 0 Å². The van der Waals surface area contributed by atoms with Crippen molar-refractivity contribution in [2.45, 2.75) is 39.5 Å². The van der Waals surface area contributed by atoms with E-state index in [2.05, 4.69) is 54.4 Å². The monoisotopic (exact) mass is 587 g/mol. The van der Waals surface area contributed by atoms with Gasteiger partial charge in [-0.3, -0.25) is 9.97 Å². The second-order valence-electron chi connectivity index (χ2n) is 8.26. The number of nitrogens with zero attached hydrogens (tertiary/aromatic N) is 3. The van der Waals surface area contributed by atoms with E-state index < -0.39 is 0 Å². The second kappa shape index (κ2) is 8.41. The molecule has 31 heavy (non-hydrogen) atoms. The minimum Gasteiger partial charge on any atom is -0.454 e. The van der Waals surface area contributed by atoms with Gasteiger partial charge in [0, 0.05) is 55.3 Å². The van der Waals surface area contributed by atoms with Crippen molar-refractivity contribution in [3.63, 3.8) is 0 Å². The van der Waals surface area contributed by atoms with Gasteiger partial charge in [-0.05, 0) is 35.6 Å². The van der Waals surface area contributed by atoms with Gasteiger partial charge in [0.1, 0.15) is 11.1 Å². The molecule has 0 aliphatic rings. The molecule has 0 aliphatic heterocycles. The van der Waals surface area contributed by atoms with Crippen molar-refractivity contribution in [3.8, 4) is 17.1 Å². The molecule has 2 aromatic carbocycles. The summed E-state index contributed by atoms with van der Waals surface area (Å²) in [5.41, 5.74) is 7.22. The number of furan rings is 1.